The standard InChI is InChI=1S/C17H22N2O2S/c1-11-3-2-4-14-16(11)18-15(19-17(14)21)10-22-13-7-5-12(9-20)6-8-13/h2-4,12-14,20H,5-10H2,1H3. The van der Waals surface area contributed by atoms with Crippen molar-refractivity contribution in [3.05, 3.63) is 23.8 Å². The van der Waals surface area contributed by atoms with Crippen LogP contribution in [0.4, 0.5) is 0 Å². The number of fused-ring (bicyclic) bond motifs is 1. The van der Waals surface area contributed by atoms with E-state index in [1.165, 1.54) is 0 Å². The number of hydrogen-bond donors (Lipinski definition) is 1. The largest absolute Gasteiger partial charge is 0.396 e. The lowest BCUT2D eigenvalue weighted by atomic mass is 9.90. The van der Waals surface area contributed by atoms with E-state index in [2.05, 4.69) is 9.98 Å². The molecule has 5 heteroatoms. The predicted octanol–water partition coefficient (Wildman–Crippen LogP) is 2.78. The highest BCUT2D eigenvalue weighted by Crippen LogP contribution is 2.32. The summed E-state index contributed by atoms with van der Waals surface area (Å²) < 4.78 is 0. The summed E-state index contributed by atoms with van der Waals surface area (Å²) in [5.74, 6) is 1.47. The number of carbonyl (C=O) groups excluding carboxylic acids is 1. The average Bonchev–Trinajstić information content (AvgIpc) is 2.54. The highest BCUT2D eigenvalue weighted by atomic mass is 32.2. The second-order valence-corrected chi connectivity index (χ2v) is 7.50. The molecule has 118 valence electrons. The molecule has 1 atom stereocenters. The first-order valence-electron chi connectivity index (χ1n) is 7.95. The lowest BCUT2D eigenvalue weighted by molar-refractivity contribution is -0.118. The molecule has 1 saturated carbocycles. The summed E-state index contributed by atoms with van der Waals surface area (Å²) in [5.41, 5.74) is 1.92. The van der Waals surface area contributed by atoms with Crippen molar-refractivity contribution in [2.75, 3.05) is 12.4 Å². The summed E-state index contributed by atoms with van der Waals surface area (Å²) in [7, 11) is 0. The molecular weight excluding hydrogens is 296 g/mol. The van der Waals surface area contributed by atoms with Gasteiger partial charge >= 0.3 is 0 Å². The maximum Gasteiger partial charge on any atom is 0.260 e. The zero-order chi connectivity index (χ0) is 15.5. The molecule has 0 aromatic rings. The molecule has 0 aromatic carbocycles. The Morgan fingerprint density at radius 2 is 2.05 bits per heavy atom. The van der Waals surface area contributed by atoms with Gasteiger partial charge < -0.3 is 5.11 Å². The number of aliphatic imine (C=N–C) groups is 2. The fourth-order valence-electron chi connectivity index (χ4n) is 3.19. The maximum atomic E-state index is 12.1. The normalized spacial score (nSPS) is 31.3. The van der Waals surface area contributed by atoms with Crippen LogP contribution in [0.15, 0.2) is 33.8 Å². The van der Waals surface area contributed by atoms with Crippen LogP contribution in [-0.4, -0.2) is 40.2 Å². The van der Waals surface area contributed by atoms with E-state index in [9.17, 15) is 9.90 Å². The van der Waals surface area contributed by atoms with E-state index in [-0.39, 0.29) is 11.8 Å². The van der Waals surface area contributed by atoms with E-state index >= 15 is 0 Å². The number of aliphatic hydroxyl groups is 1. The van der Waals surface area contributed by atoms with Crippen molar-refractivity contribution in [2.45, 2.75) is 37.9 Å². The van der Waals surface area contributed by atoms with Crippen molar-refractivity contribution in [1.29, 1.82) is 0 Å². The van der Waals surface area contributed by atoms with Crippen molar-refractivity contribution in [2.24, 2.45) is 21.8 Å². The van der Waals surface area contributed by atoms with Crippen molar-refractivity contribution < 1.29 is 9.90 Å². The van der Waals surface area contributed by atoms with Gasteiger partial charge in [-0.3, -0.25) is 4.79 Å². The van der Waals surface area contributed by atoms with Crippen LogP contribution >= 0.6 is 11.8 Å². The topological polar surface area (TPSA) is 62.0 Å². The second kappa shape index (κ2) is 6.92. The Morgan fingerprint density at radius 1 is 1.27 bits per heavy atom. The molecule has 1 fully saturated rings. The minimum absolute atomic E-state index is 0.0895. The van der Waals surface area contributed by atoms with E-state index in [0.717, 1.165) is 37.0 Å². The third-order valence-corrected chi connectivity index (χ3v) is 5.97. The molecule has 1 amide bonds. The highest BCUT2D eigenvalue weighted by molar-refractivity contribution is 8.00. The lowest BCUT2D eigenvalue weighted by Crippen LogP contribution is -2.30. The molecule has 3 aliphatic rings. The number of amides is 1. The van der Waals surface area contributed by atoms with E-state index in [4.69, 9.17) is 0 Å². The molecule has 0 aromatic heterocycles. The van der Waals surface area contributed by atoms with E-state index in [0.29, 0.717) is 29.4 Å². The van der Waals surface area contributed by atoms with Gasteiger partial charge in [-0.25, -0.2) is 4.99 Å². The zero-order valence-electron chi connectivity index (χ0n) is 12.9. The van der Waals surface area contributed by atoms with Crippen LogP contribution in [-0.2, 0) is 4.79 Å². The van der Waals surface area contributed by atoms with E-state index in [1.807, 2.05) is 36.9 Å². The monoisotopic (exact) mass is 318 g/mol. The molecule has 0 saturated heterocycles. The molecule has 1 aliphatic heterocycles. The van der Waals surface area contributed by atoms with Crippen LogP contribution in [0, 0.1) is 11.8 Å². The first-order chi connectivity index (χ1) is 10.7. The van der Waals surface area contributed by atoms with Gasteiger partial charge in [0.25, 0.3) is 5.91 Å². The summed E-state index contributed by atoms with van der Waals surface area (Å²) in [5, 5.41) is 9.78. The van der Waals surface area contributed by atoms with Crippen LogP contribution in [0.5, 0.6) is 0 Å². The van der Waals surface area contributed by atoms with Gasteiger partial charge in [-0.1, -0.05) is 18.2 Å². The van der Waals surface area contributed by atoms with Crippen molar-refractivity contribution in [1.82, 2.24) is 0 Å². The van der Waals surface area contributed by atoms with Crippen LogP contribution in [0.3, 0.4) is 0 Å². The van der Waals surface area contributed by atoms with Crippen molar-refractivity contribution in [3.8, 4) is 0 Å². The van der Waals surface area contributed by atoms with Gasteiger partial charge in [0.15, 0.2) is 0 Å². The SMILES string of the molecule is CC1=CC=CC2C(=O)N=C(CSC3CCC(CO)CC3)N=C12. The van der Waals surface area contributed by atoms with Gasteiger partial charge in [0.2, 0.25) is 0 Å². The molecule has 1 N–H and O–H groups in total. The third-order valence-electron chi connectivity index (χ3n) is 4.60. The molecule has 2 aliphatic carbocycles. The number of thioether (sulfide) groups is 1. The average molecular weight is 318 g/mol. The Bertz CT molecular complexity index is 569. The Morgan fingerprint density at radius 3 is 2.77 bits per heavy atom. The molecule has 4 nitrogen and oxygen atoms in total. The minimum Gasteiger partial charge on any atom is -0.396 e. The maximum absolute atomic E-state index is 12.1. The van der Waals surface area contributed by atoms with E-state index < -0.39 is 0 Å². The third kappa shape index (κ3) is 3.41. The fourth-order valence-corrected chi connectivity index (χ4v) is 4.31. The zero-order valence-corrected chi connectivity index (χ0v) is 13.7. The molecular formula is C17H22N2O2S. The van der Waals surface area contributed by atoms with Gasteiger partial charge in [0.1, 0.15) is 11.8 Å². The molecule has 0 radical (unpaired) electrons. The Balaban J connectivity index is 1.59. The summed E-state index contributed by atoms with van der Waals surface area (Å²) >= 11 is 1.85. The molecule has 22 heavy (non-hydrogen) atoms. The molecule has 1 unspecified atom stereocenters. The lowest BCUT2D eigenvalue weighted by Gasteiger charge is -2.27. The van der Waals surface area contributed by atoms with Gasteiger partial charge in [-0.05, 0) is 44.1 Å². The van der Waals surface area contributed by atoms with E-state index in [1.54, 1.807) is 0 Å². The number of aliphatic hydroxyl groups excluding tert-OH is 1. The Labute approximate surface area is 135 Å². The number of rotatable bonds is 4. The minimum atomic E-state index is -0.279. The van der Waals surface area contributed by atoms with Crippen molar-refractivity contribution in [3.63, 3.8) is 0 Å². The summed E-state index contributed by atoms with van der Waals surface area (Å²) in [6.45, 7) is 2.31. The number of allylic oxidation sites excluding steroid dienone is 3. The van der Waals surface area contributed by atoms with Gasteiger partial charge in [0, 0.05) is 11.9 Å². The molecule has 3 rings (SSSR count). The molecule has 0 bridgehead atoms. The predicted molar refractivity (Wildman–Crippen MR) is 91.6 cm³/mol. The van der Waals surface area contributed by atoms with Gasteiger partial charge in [0.05, 0.1) is 11.5 Å². The highest BCUT2D eigenvalue weighted by Gasteiger charge is 2.29. The first kappa shape index (κ1) is 15.7. The van der Waals surface area contributed by atoms with Crippen LogP contribution in [0.25, 0.3) is 0 Å². The quantitative estimate of drug-likeness (QED) is 0.867. The number of amidine groups is 1. The van der Waals surface area contributed by atoms with Crippen LogP contribution < -0.4 is 0 Å². The van der Waals surface area contributed by atoms with Gasteiger partial charge in [-0.15, -0.1) is 0 Å². The Kier molecular flexibility index (Phi) is 4.93. The van der Waals surface area contributed by atoms with Crippen LogP contribution in [0.2, 0.25) is 0 Å². The first-order valence-corrected chi connectivity index (χ1v) is 9.00. The molecule has 1 heterocycles. The fraction of sp³-hybridized carbons (Fsp3) is 0.588. The smallest absolute Gasteiger partial charge is 0.260 e. The van der Waals surface area contributed by atoms with Gasteiger partial charge in [-0.2, -0.15) is 16.8 Å². The number of carbonyl (C=O) groups is 1. The molecule has 0 spiro atoms. The number of nitrogens with zero attached hydrogens (tertiary/aromatic N) is 2. The Hall–Kier alpha value is -1.20. The van der Waals surface area contributed by atoms with Crippen LogP contribution in [0.1, 0.15) is 32.6 Å². The van der Waals surface area contributed by atoms with Crippen molar-refractivity contribution >= 4 is 29.2 Å². The second-order valence-electron chi connectivity index (χ2n) is 6.21. The summed E-state index contributed by atoms with van der Waals surface area (Å²) in [6.07, 6.45) is 10.2. The summed E-state index contributed by atoms with van der Waals surface area (Å²) in [4.78, 5) is 20.9. The number of hydrogen-bond acceptors (Lipinski definition) is 4. The summed E-state index contributed by atoms with van der Waals surface area (Å²) in [6, 6.07) is 0.